The minimum absolute atomic E-state index is 0.690. The summed E-state index contributed by atoms with van der Waals surface area (Å²) in [4.78, 5) is 0. The van der Waals surface area contributed by atoms with Gasteiger partial charge in [-0.1, -0.05) is 54.6 Å². The van der Waals surface area contributed by atoms with E-state index in [0.717, 1.165) is 29.7 Å². The molecule has 5 rings (SSSR count). The number of allylic oxidation sites excluding steroid dienone is 2. The molecule has 2 aliphatic rings. The van der Waals surface area contributed by atoms with Crippen molar-refractivity contribution in [1.29, 1.82) is 5.26 Å². The summed E-state index contributed by atoms with van der Waals surface area (Å²) in [6.07, 6.45) is 3.39. The second kappa shape index (κ2) is 5.36. The summed E-state index contributed by atoms with van der Waals surface area (Å²) >= 11 is 0. The zero-order chi connectivity index (χ0) is 16.8. The van der Waals surface area contributed by atoms with Gasteiger partial charge in [-0.3, -0.25) is 0 Å². The Labute approximate surface area is 146 Å². The molecule has 3 aromatic carbocycles. The third-order valence-electron chi connectivity index (χ3n) is 5.09. The number of nitrogens with zero attached hydrogens (tertiary/aromatic N) is 1. The van der Waals surface area contributed by atoms with Crippen LogP contribution in [0.4, 0.5) is 0 Å². The molecule has 2 nitrogen and oxygen atoms in total. The number of hydrogen-bond donors (Lipinski definition) is 0. The lowest BCUT2D eigenvalue weighted by atomic mass is 9.78. The van der Waals surface area contributed by atoms with Gasteiger partial charge in [0.05, 0.1) is 12.1 Å². The molecule has 0 N–H and O–H groups in total. The standard InChI is InChI=1S/C23H15NO/c24-14-13-20-19-11-9-15-5-1-3-7-17(15)22(19)23-18-8-4-2-6-16(18)10-12-21(23)25-20/h1-8,10,12-13H,9,11H2/b20-13-. The molecule has 1 aliphatic carbocycles. The van der Waals surface area contributed by atoms with E-state index >= 15 is 0 Å². The molecule has 0 fully saturated rings. The molecule has 0 unspecified atom stereocenters. The summed E-state index contributed by atoms with van der Waals surface area (Å²) < 4.78 is 6.15. The van der Waals surface area contributed by atoms with Crippen LogP contribution in [0, 0.1) is 11.3 Å². The highest BCUT2D eigenvalue weighted by Crippen LogP contribution is 2.48. The highest BCUT2D eigenvalue weighted by molar-refractivity contribution is 6.03. The second-order valence-corrected chi connectivity index (χ2v) is 6.41. The van der Waals surface area contributed by atoms with E-state index in [2.05, 4.69) is 60.7 Å². The molecular formula is C23H15NO. The molecule has 0 saturated carbocycles. The molecule has 3 aromatic rings. The van der Waals surface area contributed by atoms with Gasteiger partial charge in [0, 0.05) is 16.7 Å². The third kappa shape index (κ3) is 2.03. The van der Waals surface area contributed by atoms with Crippen molar-refractivity contribution in [3.8, 4) is 11.8 Å². The predicted molar refractivity (Wildman–Crippen MR) is 99.1 cm³/mol. The lowest BCUT2D eigenvalue weighted by Gasteiger charge is -2.31. The number of rotatable bonds is 0. The van der Waals surface area contributed by atoms with E-state index < -0.39 is 0 Å². The minimum Gasteiger partial charge on any atom is -0.456 e. The lowest BCUT2D eigenvalue weighted by Crippen LogP contribution is -2.16. The normalized spacial score (nSPS) is 16.7. The number of fused-ring (bicyclic) bond motifs is 6. The third-order valence-corrected chi connectivity index (χ3v) is 5.09. The van der Waals surface area contributed by atoms with Crippen molar-refractivity contribution in [2.75, 3.05) is 0 Å². The van der Waals surface area contributed by atoms with Crippen molar-refractivity contribution in [3.05, 3.63) is 94.8 Å². The monoisotopic (exact) mass is 321 g/mol. The van der Waals surface area contributed by atoms with Crippen LogP contribution in [0.3, 0.4) is 0 Å². The van der Waals surface area contributed by atoms with E-state index in [9.17, 15) is 5.26 Å². The summed E-state index contributed by atoms with van der Waals surface area (Å²) in [5.41, 5.74) is 6.13. The summed E-state index contributed by atoms with van der Waals surface area (Å²) in [7, 11) is 0. The Morgan fingerprint density at radius 3 is 2.68 bits per heavy atom. The quantitative estimate of drug-likeness (QED) is 0.520. The molecule has 0 saturated heterocycles. The van der Waals surface area contributed by atoms with Crippen LogP contribution >= 0.6 is 0 Å². The molecule has 0 radical (unpaired) electrons. The average Bonchev–Trinajstić information content (AvgIpc) is 2.67. The van der Waals surface area contributed by atoms with Crippen LogP contribution in [0.2, 0.25) is 0 Å². The maximum absolute atomic E-state index is 9.19. The fraction of sp³-hybridized carbons (Fsp3) is 0.0870. The van der Waals surface area contributed by atoms with Gasteiger partial charge in [0.25, 0.3) is 0 Å². The average molecular weight is 321 g/mol. The first-order chi connectivity index (χ1) is 12.4. The van der Waals surface area contributed by atoms with Gasteiger partial charge in [0.1, 0.15) is 11.5 Å². The van der Waals surface area contributed by atoms with Gasteiger partial charge in [-0.05, 0) is 40.8 Å². The zero-order valence-electron chi connectivity index (χ0n) is 13.6. The summed E-state index contributed by atoms with van der Waals surface area (Å²) in [5, 5.41) is 11.6. The van der Waals surface area contributed by atoms with Crippen LogP contribution in [0.25, 0.3) is 16.3 Å². The number of nitriles is 1. The molecule has 0 spiro atoms. The van der Waals surface area contributed by atoms with E-state index in [0.29, 0.717) is 5.76 Å². The highest BCUT2D eigenvalue weighted by Gasteiger charge is 2.30. The van der Waals surface area contributed by atoms with Crippen LogP contribution in [0.5, 0.6) is 5.75 Å². The van der Waals surface area contributed by atoms with Crippen molar-refractivity contribution in [3.63, 3.8) is 0 Å². The molecule has 2 heteroatoms. The Kier molecular flexibility index (Phi) is 3.02. The topological polar surface area (TPSA) is 33.0 Å². The zero-order valence-corrected chi connectivity index (χ0v) is 13.6. The number of aryl methyl sites for hydroxylation is 1. The maximum atomic E-state index is 9.19. The van der Waals surface area contributed by atoms with Gasteiger partial charge in [-0.15, -0.1) is 0 Å². The van der Waals surface area contributed by atoms with Crippen LogP contribution < -0.4 is 4.74 Å². The molecule has 25 heavy (non-hydrogen) atoms. The number of ether oxygens (including phenoxy) is 1. The molecule has 1 aliphatic heterocycles. The van der Waals surface area contributed by atoms with Crippen LogP contribution in [-0.4, -0.2) is 0 Å². The molecule has 0 bridgehead atoms. The fourth-order valence-electron chi connectivity index (χ4n) is 4.01. The predicted octanol–water partition coefficient (Wildman–Crippen LogP) is 5.39. The lowest BCUT2D eigenvalue weighted by molar-refractivity contribution is 0.425. The second-order valence-electron chi connectivity index (χ2n) is 6.41. The van der Waals surface area contributed by atoms with Crippen molar-refractivity contribution >= 4 is 16.3 Å². The van der Waals surface area contributed by atoms with Crippen LogP contribution in [-0.2, 0) is 6.42 Å². The number of hydrogen-bond acceptors (Lipinski definition) is 2. The van der Waals surface area contributed by atoms with E-state index in [-0.39, 0.29) is 0 Å². The molecular weight excluding hydrogens is 306 g/mol. The van der Waals surface area contributed by atoms with Crippen LogP contribution in [0.1, 0.15) is 23.1 Å². The first-order valence-electron chi connectivity index (χ1n) is 8.48. The van der Waals surface area contributed by atoms with E-state index in [4.69, 9.17) is 4.74 Å². The Morgan fingerprint density at radius 1 is 0.920 bits per heavy atom. The maximum Gasteiger partial charge on any atom is 0.141 e. The Bertz CT molecular complexity index is 1130. The van der Waals surface area contributed by atoms with Gasteiger partial charge in [-0.2, -0.15) is 5.26 Å². The Hall–Kier alpha value is -3.31. The first kappa shape index (κ1) is 14.1. The van der Waals surface area contributed by atoms with E-state index in [1.807, 2.05) is 6.07 Å². The van der Waals surface area contributed by atoms with Crippen molar-refractivity contribution in [2.45, 2.75) is 12.8 Å². The minimum atomic E-state index is 0.690. The van der Waals surface area contributed by atoms with Gasteiger partial charge >= 0.3 is 0 Å². The van der Waals surface area contributed by atoms with E-state index in [1.165, 1.54) is 33.5 Å². The Balaban J connectivity index is 1.92. The molecule has 0 amide bonds. The van der Waals surface area contributed by atoms with Gasteiger partial charge in [0.2, 0.25) is 0 Å². The van der Waals surface area contributed by atoms with E-state index in [1.54, 1.807) is 0 Å². The summed E-state index contributed by atoms with van der Waals surface area (Å²) in [5.74, 6) is 1.52. The van der Waals surface area contributed by atoms with Crippen molar-refractivity contribution in [2.24, 2.45) is 0 Å². The van der Waals surface area contributed by atoms with Gasteiger partial charge < -0.3 is 4.74 Å². The summed E-state index contributed by atoms with van der Waals surface area (Å²) in [6, 6.07) is 23.2. The molecule has 1 heterocycles. The summed E-state index contributed by atoms with van der Waals surface area (Å²) in [6.45, 7) is 0. The fourth-order valence-corrected chi connectivity index (χ4v) is 4.01. The smallest absolute Gasteiger partial charge is 0.141 e. The first-order valence-corrected chi connectivity index (χ1v) is 8.48. The SMILES string of the molecule is N#C/C=C1\Oc2ccc3ccccc3c2C2=C1CCc1ccccc12. The molecule has 0 aromatic heterocycles. The van der Waals surface area contributed by atoms with Crippen LogP contribution in [0.15, 0.2) is 78.1 Å². The number of benzene rings is 3. The van der Waals surface area contributed by atoms with Crippen molar-refractivity contribution in [1.82, 2.24) is 0 Å². The largest absolute Gasteiger partial charge is 0.456 e. The molecule has 118 valence electrons. The highest BCUT2D eigenvalue weighted by atomic mass is 16.5. The Morgan fingerprint density at radius 2 is 1.76 bits per heavy atom. The molecule has 0 atom stereocenters. The van der Waals surface area contributed by atoms with Crippen molar-refractivity contribution < 1.29 is 4.74 Å². The van der Waals surface area contributed by atoms with Gasteiger partial charge in [-0.25, -0.2) is 0 Å². The van der Waals surface area contributed by atoms with Gasteiger partial charge in [0.15, 0.2) is 0 Å².